The van der Waals surface area contributed by atoms with E-state index >= 15 is 0 Å². The Labute approximate surface area is 102 Å². The van der Waals surface area contributed by atoms with E-state index in [-0.39, 0.29) is 17.9 Å². The Kier molecular flexibility index (Phi) is 4.51. The molecule has 5 heteroatoms. The summed E-state index contributed by atoms with van der Waals surface area (Å²) in [4.78, 5) is 23.5. The Bertz CT molecular complexity index is 300. The molecule has 0 bridgehead atoms. The molecule has 0 aliphatic heterocycles. The Hall–Kier alpha value is -1.10. The van der Waals surface area contributed by atoms with Crippen LogP contribution in [0.4, 0.5) is 0 Å². The number of carbonyl (C=O) groups excluding carboxylic acids is 2. The minimum Gasteiger partial charge on any atom is -0.368 e. The molecule has 2 amide bonds. The maximum atomic E-state index is 12.1. The summed E-state index contributed by atoms with van der Waals surface area (Å²) in [5, 5.41) is 2.82. The second-order valence-electron chi connectivity index (χ2n) is 4.91. The highest BCUT2D eigenvalue weighted by Gasteiger charge is 2.37. The third kappa shape index (κ3) is 2.97. The van der Waals surface area contributed by atoms with Crippen LogP contribution in [-0.4, -0.2) is 23.4 Å². The van der Waals surface area contributed by atoms with Gasteiger partial charge in [-0.15, -0.1) is 0 Å². The van der Waals surface area contributed by atoms with Crippen molar-refractivity contribution in [2.75, 3.05) is 0 Å². The lowest BCUT2D eigenvalue weighted by atomic mass is 9.90. The Morgan fingerprint density at radius 2 is 1.88 bits per heavy atom. The number of hydrogen-bond donors (Lipinski definition) is 3. The van der Waals surface area contributed by atoms with Gasteiger partial charge in [0.1, 0.15) is 5.54 Å². The topological polar surface area (TPSA) is 98.2 Å². The van der Waals surface area contributed by atoms with Crippen LogP contribution in [0.2, 0.25) is 0 Å². The van der Waals surface area contributed by atoms with Gasteiger partial charge in [-0.1, -0.05) is 13.8 Å². The summed E-state index contributed by atoms with van der Waals surface area (Å²) in [7, 11) is 0. The van der Waals surface area contributed by atoms with Crippen molar-refractivity contribution in [3.05, 3.63) is 0 Å². The normalized spacial score (nSPS) is 24.6. The standard InChI is InChI=1S/C12H23N3O2/c1-3-12(4-2,11(14)17)15-10(16)8-5-6-9(13)7-8/h8-9H,3-7,13H2,1-2H3,(H2,14,17)(H,15,16). The van der Waals surface area contributed by atoms with Crippen LogP contribution < -0.4 is 16.8 Å². The molecule has 1 fully saturated rings. The van der Waals surface area contributed by atoms with Gasteiger partial charge < -0.3 is 16.8 Å². The zero-order valence-corrected chi connectivity index (χ0v) is 10.7. The van der Waals surface area contributed by atoms with Gasteiger partial charge in [-0.25, -0.2) is 0 Å². The third-order valence-corrected chi connectivity index (χ3v) is 3.89. The average Bonchev–Trinajstić information content (AvgIpc) is 2.72. The number of rotatable bonds is 5. The SMILES string of the molecule is CCC(CC)(NC(=O)C1CCC(N)C1)C(N)=O. The molecule has 5 nitrogen and oxygen atoms in total. The van der Waals surface area contributed by atoms with Crippen molar-refractivity contribution in [1.29, 1.82) is 0 Å². The van der Waals surface area contributed by atoms with Crippen molar-refractivity contribution in [3.63, 3.8) is 0 Å². The predicted molar refractivity (Wildman–Crippen MR) is 66.0 cm³/mol. The molecule has 0 heterocycles. The summed E-state index contributed by atoms with van der Waals surface area (Å²) in [5.74, 6) is -0.611. The zero-order valence-electron chi connectivity index (χ0n) is 10.7. The van der Waals surface area contributed by atoms with Crippen molar-refractivity contribution < 1.29 is 9.59 Å². The second-order valence-corrected chi connectivity index (χ2v) is 4.91. The van der Waals surface area contributed by atoms with Gasteiger partial charge in [-0.3, -0.25) is 9.59 Å². The summed E-state index contributed by atoms with van der Waals surface area (Å²) in [6, 6.07) is 0.108. The molecule has 1 aliphatic carbocycles. The molecular formula is C12H23N3O2. The van der Waals surface area contributed by atoms with E-state index < -0.39 is 11.4 Å². The molecule has 5 N–H and O–H groups in total. The highest BCUT2D eigenvalue weighted by atomic mass is 16.2. The van der Waals surface area contributed by atoms with Gasteiger partial charge in [0.25, 0.3) is 0 Å². The first kappa shape index (κ1) is 14.0. The quantitative estimate of drug-likeness (QED) is 0.644. The molecular weight excluding hydrogens is 218 g/mol. The molecule has 0 aromatic carbocycles. The summed E-state index contributed by atoms with van der Waals surface area (Å²) < 4.78 is 0. The minimum absolute atomic E-state index is 0.0678. The van der Waals surface area contributed by atoms with Crippen molar-refractivity contribution in [1.82, 2.24) is 5.32 Å². The number of hydrogen-bond acceptors (Lipinski definition) is 3. The van der Waals surface area contributed by atoms with E-state index in [1.807, 2.05) is 13.8 Å². The Morgan fingerprint density at radius 3 is 2.24 bits per heavy atom. The second kappa shape index (κ2) is 5.49. The van der Waals surface area contributed by atoms with E-state index in [4.69, 9.17) is 11.5 Å². The molecule has 2 unspecified atom stereocenters. The van der Waals surface area contributed by atoms with Gasteiger partial charge in [0.2, 0.25) is 11.8 Å². The largest absolute Gasteiger partial charge is 0.368 e. The molecule has 0 saturated heterocycles. The smallest absolute Gasteiger partial charge is 0.243 e. The van der Waals surface area contributed by atoms with E-state index in [0.717, 1.165) is 12.8 Å². The fraction of sp³-hybridized carbons (Fsp3) is 0.833. The lowest BCUT2D eigenvalue weighted by Gasteiger charge is -2.30. The molecule has 0 radical (unpaired) electrons. The maximum absolute atomic E-state index is 12.1. The molecule has 0 aromatic heterocycles. The van der Waals surface area contributed by atoms with Crippen molar-refractivity contribution in [3.8, 4) is 0 Å². The number of nitrogens with two attached hydrogens (primary N) is 2. The highest BCUT2D eigenvalue weighted by Crippen LogP contribution is 2.25. The number of carbonyl (C=O) groups is 2. The van der Waals surface area contributed by atoms with E-state index in [1.165, 1.54) is 0 Å². The van der Waals surface area contributed by atoms with Crippen LogP contribution in [0.15, 0.2) is 0 Å². The summed E-state index contributed by atoms with van der Waals surface area (Å²) in [6.45, 7) is 3.71. The van der Waals surface area contributed by atoms with E-state index in [9.17, 15) is 9.59 Å². The van der Waals surface area contributed by atoms with E-state index in [0.29, 0.717) is 19.3 Å². The molecule has 0 spiro atoms. The number of nitrogens with one attached hydrogen (secondary N) is 1. The third-order valence-electron chi connectivity index (χ3n) is 3.89. The first-order valence-corrected chi connectivity index (χ1v) is 6.32. The van der Waals surface area contributed by atoms with Crippen LogP contribution in [0.5, 0.6) is 0 Å². The minimum atomic E-state index is -0.899. The Balaban J connectivity index is 2.68. The first-order valence-electron chi connectivity index (χ1n) is 6.32. The van der Waals surface area contributed by atoms with E-state index in [2.05, 4.69) is 5.32 Å². The maximum Gasteiger partial charge on any atom is 0.243 e. The van der Waals surface area contributed by atoms with Gasteiger partial charge in [0.05, 0.1) is 0 Å². The fourth-order valence-corrected chi connectivity index (χ4v) is 2.43. The van der Waals surface area contributed by atoms with Gasteiger partial charge in [0, 0.05) is 12.0 Å². The molecule has 1 rings (SSSR count). The van der Waals surface area contributed by atoms with Crippen molar-refractivity contribution in [2.45, 2.75) is 57.5 Å². The van der Waals surface area contributed by atoms with E-state index in [1.54, 1.807) is 0 Å². The predicted octanol–water partition coefficient (Wildman–Crippen LogP) is 0.274. The zero-order chi connectivity index (χ0) is 13.1. The number of primary amides is 1. The van der Waals surface area contributed by atoms with Crippen LogP contribution in [-0.2, 0) is 9.59 Å². The Morgan fingerprint density at radius 1 is 1.29 bits per heavy atom. The van der Waals surface area contributed by atoms with Crippen LogP contribution in [0.1, 0.15) is 46.0 Å². The van der Waals surface area contributed by atoms with Gasteiger partial charge in [-0.2, -0.15) is 0 Å². The number of amides is 2. The lowest BCUT2D eigenvalue weighted by molar-refractivity contribution is -0.134. The lowest BCUT2D eigenvalue weighted by Crippen LogP contribution is -2.57. The van der Waals surface area contributed by atoms with Gasteiger partial charge in [0.15, 0.2) is 0 Å². The van der Waals surface area contributed by atoms with Crippen molar-refractivity contribution in [2.24, 2.45) is 17.4 Å². The van der Waals surface area contributed by atoms with Crippen LogP contribution in [0.25, 0.3) is 0 Å². The summed E-state index contributed by atoms with van der Waals surface area (Å²) in [5.41, 5.74) is 10.3. The highest BCUT2D eigenvalue weighted by molar-refractivity contribution is 5.91. The molecule has 1 saturated carbocycles. The molecule has 0 aromatic rings. The summed E-state index contributed by atoms with van der Waals surface area (Å²) in [6.07, 6.45) is 3.41. The van der Waals surface area contributed by atoms with Crippen LogP contribution >= 0.6 is 0 Å². The van der Waals surface area contributed by atoms with Crippen LogP contribution in [0, 0.1) is 5.92 Å². The molecule has 98 valence electrons. The molecule has 1 aliphatic rings. The molecule has 17 heavy (non-hydrogen) atoms. The average molecular weight is 241 g/mol. The monoisotopic (exact) mass is 241 g/mol. The van der Waals surface area contributed by atoms with Crippen molar-refractivity contribution >= 4 is 11.8 Å². The molecule has 2 atom stereocenters. The van der Waals surface area contributed by atoms with Crippen LogP contribution in [0.3, 0.4) is 0 Å². The van der Waals surface area contributed by atoms with Gasteiger partial charge in [-0.05, 0) is 32.1 Å². The first-order chi connectivity index (χ1) is 7.95. The summed E-state index contributed by atoms with van der Waals surface area (Å²) >= 11 is 0. The fourth-order valence-electron chi connectivity index (χ4n) is 2.43. The van der Waals surface area contributed by atoms with Gasteiger partial charge >= 0.3 is 0 Å².